The minimum atomic E-state index is -2.36. The van der Waals surface area contributed by atoms with Gasteiger partial charge in [0.1, 0.15) is 41.7 Å². The van der Waals surface area contributed by atoms with Crippen molar-refractivity contribution in [2.75, 3.05) is 25.2 Å². The molecule has 8 atom stereocenters. The van der Waals surface area contributed by atoms with Crippen LogP contribution in [0.4, 0.5) is 16.2 Å². The van der Waals surface area contributed by atoms with Crippen LogP contribution in [0, 0.1) is 0 Å². The second-order valence-electron chi connectivity index (χ2n) is 20.7. The fourth-order valence-electron chi connectivity index (χ4n) is 12.0. The molecule has 10 rings (SSSR count). The maximum atomic E-state index is 14.1. The van der Waals surface area contributed by atoms with Crippen molar-refractivity contribution < 1.29 is 63.7 Å². The third-order valence-corrected chi connectivity index (χ3v) is 15.9. The number of aromatic hydroxyl groups is 2. The minimum absolute atomic E-state index is 0.0607. The van der Waals surface area contributed by atoms with Gasteiger partial charge in [-0.1, -0.05) is 61.4 Å². The molecule has 2 heterocycles. The molecule has 76 heavy (non-hydrogen) atoms. The van der Waals surface area contributed by atoms with Gasteiger partial charge >= 0.3 is 6.09 Å². The number of carbonyl (C=O) groups excluding carboxylic acids is 4. The number of alkyl carbamates (subject to hydrolysis) is 1. The summed E-state index contributed by atoms with van der Waals surface area (Å²) in [6.07, 6.45) is 5.01. The number of ketones is 3. The molecule has 18 nitrogen and oxygen atoms in total. The first-order valence-corrected chi connectivity index (χ1v) is 26.1. The number of Topliss-reactive ketones (excluding diaryl/α,β-unsaturated/α-hetero) is 1. The number of allylic oxidation sites excluding steroid dienone is 1. The number of phenolic OH excluding ortho intramolecular Hbond substituents is 2. The molecule has 4 aromatic carbocycles. The number of hydrogen-bond acceptors (Lipinski definition) is 17. The Morgan fingerprint density at radius 1 is 0.829 bits per heavy atom. The average molecular weight is 1040 g/mol. The molecule has 1 aromatic heterocycles. The van der Waals surface area contributed by atoms with Gasteiger partial charge in [-0.05, 0) is 105 Å². The highest BCUT2D eigenvalue weighted by molar-refractivity contribution is 6.31. The number of carbonyl (C=O) groups is 4. The van der Waals surface area contributed by atoms with Gasteiger partial charge in [0.15, 0.2) is 17.9 Å². The molecule has 1 amide bonds. The Kier molecular flexibility index (Phi) is 14.7. The zero-order chi connectivity index (χ0) is 53.6. The number of hydrogen-bond donors (Lipinski definition) is 8. The van der Waals surface area contributed by atoms with Crippen molar-refractivity contribution in [3.63, 3.8) is 0 Å². The van der Waals surface area contributed by atoms with Crippen LogP contribution in [0.5, 0.6) is 17.2 Å². The van der Waals surface area contributed by atoms with Crippen molar-refractivity contribution >= 4 is 34.8 Å². The van der Waals surface area contributed by atoms with Crippen molar-refractivity contribution in [3.8, 4) is 39.8 Å². The SMILES string of the molecule is COc1cccc2c1C(=O)c1c(O)c3c(c(O)c1C2=O)CC(O)(C(=O)CO)CC3OC1CC(NC(=O)OC2/C=C/CC(c3ccc(-c4nnc(-c5ccccc5N)c5c4CCCCCC5)c(N)c3)CCC2)C(O)C(C)O1. The van der Waals surface area contributed by atoms with Gasteiger partial charge in [-0.25, -0.2) is 4.79 Å². The summed E-state index contributed by atoms with van der Waals surface area (Å²) in [5, 5.41) is 68.9. The van der Waals surface area contributed by atoms with E-state index < -0.39 is 108 Å². The number of methoxy groups -OCH3 is 1. The smallest absolute Gasteiger partial charge is 0.408 e. The van der Waals surface area contributed by atoms with E-state index in [1.54, 1.807) is 6.92 Å². The summed E-state index contributed by atoms with van der Waals surface area (Å²) in [6, 6.07) is 17.3. The van der Waals surface area contributed by atoms with Gasteiger partial charge in [-0.3, -0.25) is 14.4 Å². The quantitative estimate of drug-likeness (QED) is 0.0389. The Bertz CT molecular complexity index is 3160. The monoisotopic (exact) mass is 1040 g/mol. The molecule has 10 N–H and O–H groups in total. The second-order valence-corrected chi connectivity index (χ2v) is 20.7. The Hall–Kier alpha value is -7.22. The van der Waals surface area contributed by atoms with Crippen molar-refractivity contribution in [2.24, 2.45) is 0 Å². The number of aromatic nitrogens is 2. The number of aliphatic hydroxyl groups is 3. The fourth-order valence-corrected chi connectivity index (χ4v) is 12.0. The Labute approximate surface area is 439 Å². The largest absolute Gasteiger partial charge is 0.507 e. The van der Waals surface area contributed by atoms with Gasteiger partial charge < -0.3 is 61.3 Å². The van der Waals surface area contributed by atoms with Crippen LogP contribution in [0.25, 0.3) is 22.5 Å². The number of anilines is 2. The lowest BCUT2D eigenvalue weighted by Crippen LogP contribution is -2.56. The van der Waals surface area contributed by atoms with E-state index in [0.717, 1.165) is 79.4 Å². The van der Waals surface area contributed by atoms with Crippen LogP contribution >= 0.6 is 0 Å². The number of nitrogens with two attached hydrogens (primary N) is 2. The minimum Gasteiger partial charge on any atom is -0.507 e. The van der Waals surface area contributed by atoms with E-state index in [-0.39, 0.29) is 40.3 Å². The standard InChI is InChI=1S/C58H63N5O13/c1-29-52(66)41(25-45(74-29)76-43-27-58(72,44(65)28-64)26-38-47(43)56(70)49-48(54(38)68)53(67)37-19-11-21-42(73-2)46(37)55(49)69)61-57(71)75-32-14-9-12-30(13-10-15-32)31-22-23-36(40(60)24-31)51-34-17-6-4-3-5-16-33(34)50(62-63-51)35-18-7-8-20-39(35)59/h7-9,11,14,18-24,29-30,32,41,43,45,52,64,66,68,70,72H,3-6,10,12-13,15-17,25-28,59-60H2,1-2H3,(H,61,71)/b14-9+. The Morgan fingerprint density at radius 3 is 2.22 bits per heavy atom. The summed E-state index contributed by atoms with van der Waals surface area (Å²) in [5.41, 5.74) is 17.4. The molecular formula is C58H63N5O13. The van der Waals surface area contributed by atoms with Gasteiger partial charge in [0.2, 0.25) is 5.78 Å². The molecule has 0 spiro atoms. The lowest BCUT2D eigenvalue weighted by atomic mass is 9.72. The molecular weight excluding hydrogens is 975 g/mol. The lowest BCUT2D eigenvalue weighted by molar-refractivity contribution is -0.249. The van der Waals surface area contributed by atoms with E-state index in [1.807, 2.05) is 42.5 Å². The number of nitrogens with one attached hydrogen (secondary N) is 1. The number of nitrogens with zero attached hydrogens (tertiary/aromatic N) is 2. The molecule has 0 radical (unpaired) electrons. The Balaban J connectivity index is 0.820. The van der Waals surface area contributed by atoms with Crippen LogP contribution < -0.4 is 21.5 Å². The lowest BCUT2D eigenvalue weighted by Gasteiger charge is -2.42. The van der Waals surface area contributed by atoms with Gasteiger partial charge in [-0.15, -0.1) is 10.2 Å². The van der Waals surface area contributed by atoms with Crippen LogP contribution in [-0.2, 0) is 38.3 Å². The second kappa shape index (κ2) is 21.4. The summed E-state index contributed by atoms with van der Waals surface area (Å²) in [6.45, 7) is 0.465. The first-order valence-electron chi connectivity index (χ1n) is 26.1. The van der Waals surface area contributed by atoms with E-state index in [9.17, 15) is 44.7 Å². The summed E-state index contributed by atoms with van der Waals surface area (Å²) < 4.78 is 23.6. The van der Waals surface area contributed by atoms with Crippen molar-refractivity contribution in [1.29, 1.82) is 0 Å². The average Bonchev–Trinajstić information content (AvgIpc) is 3.44. The molecule has 4 aliphatic carbocycles. The van der Waals surface area contributed by atoms with Gasteiger partial charge in [0.05, 0.1) is 53.4 Å². The van der Waals surface area contributed by atoms with Crippen molar-refractivity contribution in [3.05, 3.63) is 123 Å². The molecule has 1 fully saturated rings. The topological polar surface area (TPSA) is 296 Å². The third kappa shape index (κ3) is 9.68. The number of aliphatic hydroxyl groups excluding tert-OH is 2. The number of amides is 1. The zero-order valence-electron chi connectivity index (χ0n) is 42.4. The van der Waals surface area contributed by atoms with E-state index >= 15 is 0 Å². The zero-order valence-corrected chi connectivity index (χ0v) is 42.4. The number of para-hydroxylation sites is 1. The number of nitrogen functional groups attached to an aromatic ring is 2. The predicted molar refractivity (Wildman–Crippen MR) is 279 cm³/mol. The van der Waals surface area contributed by atoms with Crippen molar-refractivity contribution in [2.45, 2.75) is 139 Å². The van der Waals surface area contributed by atoms with Crippen LogP contribution in [0.15, 0.2) is 72.8 Å². The molecule has 1 aliphatic heterocycles. The number of ether oxygens (including phenoxy) is 4. The molecule has 0 bridgehead atoms. The highest BCUT2D eigenvalue weighted by Gasteiger charge is 2.50. The summed E-state index contributed by atoms with van der Waals surface area (Å²) in [5.74, 6) is -3.92. The maximum absolute atomic E-state index is 14.1. The van der Waals surface area contributed by atoms with E-state index in [4.69, 9.17) is 40.6 Å². The van der Waals surface area contributed by atoms with E-state index in [2.05, 4.69) is 17.4 Å². The number of fused-ring (bicyclic) bond motifs is 4. The maximum Gasteiger partial charge on any atom is 0.408 e. The van der Waals surface area contributed by atoms with Crippen LogP contribution in [-0.4, -0.2) is 109 Å². The third-order valence-electron chi connectivity index (χ3n) is 15.9. The molecule has 18 heteroatoms. The number of rotatable bonds is 10. The molecule has 5 aliphatic rings. The van der Waals surface area contributed by atoms with E-state index in [0.29, 0.717) is 24.2 Å². The van der Waals surface area contributed by atoms with Gasteiger partial charge in [0.25, 0.3) is 0 Å². The number of benzene rings is 4. The normalized spacial score (nSPS) is 25.7. The highest BCUT2D eigenvalue weighted by atomic mass is 16.7. The molecule has 0 saturated carbocycles. The molecule has 8 unspecified atom stereocenters. The predicted octanol–water partition coefficient (Wildman–Crippen LogP) is 7.00. The summed E-state index contributed by atoms with van der Waals surface area (Å²) >= 11 is 0. The fraction of sp³-hybridized carbons (Fsp3) is 0.414. The van der Waals surface area contributed by atoms with Gasteiger partial charge in [0, 0.05) is 58.5 Å². The molecule has 398 valence electrons. The number of phenols is 2. The van der Waals surface area contributed by atoms with Crippen LogP contribution in [0.1, 0.15) is 143 Å². The van der Waals surface area contributed by atoms with Crippen LogP contribution in [0.2, 0.25) is 0 Å². The molecule has 1 saturated heterocycles. The first kappa shape index (κ1) is 52.2. The summed E-state index contributed by atoms with van der Waals surface area (Å²) in [4.78, 5) is 54.7. The van der Waals surface area contributed by atoms with Crippen LogP contribution in [0.3, 0.4) is 0 Å². The Morgan fingerprint density at radius 2 is 1.53 bits per heavy atom. The highest BCUT2D eigenvalue weighted by Crippen LogP contribution is 2.53. The summed E-state index contributed by atoms with van der Waals surface area (Å²) in [7, 11) is 1.32. The molecule has 5 aromatic rings. The van der Waals surface area contributed by atoms with Gasteiger partial charge in [-0.2, -0.15) is 0 Å². The van der Waals surface area contributed by atoms with E-state index in [1.165, 1.54) is 36.4 Å². The van der Waals surface area contributed by atoms with Crippen molar-refractivity contribution in [1.82, 2.24) is 15.5 Å². The first-order chi connectivity index (χ1) is 36.6.